The number of allylic oxidation sites excluding steroid dienone is 4. The average Bonchev–Trinajstić information content (AvgIpc) is 3.16. The third-order valence-corrected chi connectivity index (χ3v) is 10.7. The number of hydrogen-bond donors (Lipinski definition) is 2. The summed E-state index contributed by atoms with van der Waals surface area (Å²) in [6, 6.07) is 0. The molecule has 9 nitrogen and oxygen atoms in total. The van der Waals surface area contributed by atoms with E-state index >= 15 is 0 Å². The molecule has 10 heteroatoms. The first-order valence-electron chi connectivity index (χ1n) is 22.3. The Morgan fingerprint density at radius 1 is 0.537 bits per heavy atom. The van der Waals surface area contributed by atoms with Gasteiger partial charge in [-0.15, -0.1) is 0 Å². The number of rotatable bonds is 42. The minimum absolute atomic E-state index is 0.0874. The number of carbonyl (C=O) groups is 2. The monoisotopic (exact) mass is 786 g/mol. The Kier molecular flexibility index (Phi) is 40.0. The molecule has 0 aliphatic heterocycles. The van der Waals surface area contributed by atoms with Crippen LogP contribution in [0.1, 0.15) is 206 Å². The second kappa shape index (κ2) is 41.1. The van der Waals surface area contributed by atoms with E-state index in [1.54, 1.807) is 0 Å². The summed E-state index contributed by atoms with van der Waals surface area (Å²) in [5, 5.41) is 0. The highest BCUT2D eigenvalue weighted by molar-refractivity contribution is 7.47. The van der Waals surface area contributed by atoms with Gasteiger partial charge < -0.3 is 20.1 Å². The second-order valence-corrected chi connectivity index (χ2v) is 16.4. The van der Waals surface area contributed by atoms with Crippen molar-refractivity contribution in [2.45, 2.75) is 206 Å². The van der Waals surface area contributed by atoms with Crippen LogP contribution in [-0.4, -0.2) is 49.8 Å². The smallest absolute Gasteiger partial charge is 0.466 e. The molecule has 1 atom stereocenters. The van der Waals surface area contributed by atoms with Crippen LogP contribution < -0.4 is 5.73 Å². The fourth-order valence-corrected chi connectivity index (χ4v) is 7.03. The van der Waals surface area contributed by atoms with Crippen LogP contribution in [0, 0.1) is 5.92 Å². The van der Waals surface area contributed by atoms with Gasteiger partial charge in [0.2, 0.25) is 0 Å². The SMILES string of the molecule is CCCCCCCC/C=C\CCCCCCCC(=O)OCCC(CCOC(=O)CCCCCCC/C=C\CCCCCCCC)COP(=O)(O)OCCN. The van der Waals surface area contributed by atoms with E-state index in [1.165, 1.54) is 116 Å². The van der Waals surface area contributed by atoms with Crippen molar-refractivity contribution in [1.82, 2.24) is 0 Å². The van der Waals surface area contributed by atoms with Gasteiger partial charge in [-0.05, 0) is 83.0 Å². The van der Waals surface area contributed by atoms with Crippen LogP contribution in [0.3, 0.4) is 0 Å². The zero-order valence-electron chi connectivity index (χ0n) is 35.0. The predicted molar refractivity (Wildman–Crippen MR) is 224 cm³/mol. The fraction of sp³-hybridized carbons (Fsp3) is 0.864. The highest BCUT2D eigenvalue weighted by Gasteiger charge is 2.23. The topological polar surface area (TPSA) is 134 Å². The Hall–Kier alpha value is -1.51. The Balaban J connectivity index is 4.12. The number of carbonyl (C=O) groups excluding carboxylic acids is 2. The number of phosphoric acid groups is 1. The molecular formula is C44H84NO8P. The third-order valence-electron chi connectivity index (χ3n) is 9.71. The van der Waals surface area contributed by atoms with Crippen molar-refractivity contribution in [3.8, 4) is 0 Å². The largest absolute Gasteiger partial charge is 0.472 e. The highest BCUT2D eigenvalue weighted by atomic mass is 31.2. The van der Waals surface area contributed by atoms with Crippen LogP contribution >= 0.6 is 7.82 Å². The molecule has 0 aliphatic rings. The van der Waals surface area contributed by atoms with E-state index in [0.29, 0.717) is 25.7 Å². The highest BCUT2D eigenvalue weighted by Crippen LogP contribution is 2.43. The predicted octanol–water partition coefficient (Wildman–Crippen LogP) is 12.6. The molecule has 0 bridgehead atoms. The van der Waals surface area contributed by atoms with Gasteiger partial charge in [-0.2, -0.15) is 0 Å². The molecule has 0 rings (SSSR count). The van der Waals surface area contributed by atoms with E-state index in [9.17, 15) is 19.0 Å². The van der Waals surface area contributed by atoms with E-state index in [1.807, 2.05) is 0 Å². The lowest BCUT2D eigenvalue weighted by Crippen LogP contribution is -2.18. The van der Waals surface area contributed by atoms with Crippen molar-refractivity contribution < 1.29 is 37.6 Å². The second-order valence-electron chi connectivity index (χ2n) is 14.9. The summed E-state index contributed by atoms with van der Waals surface area (Å²) in [7, 11) is -4.25. The standard InChI is InChI=1S/C44H84NO8P/c1-3-5-7-9-11-13-15-17-19-21-23-25-27-29-31-33-43(46)50-38-35-42(41-53-54(48,49)52-40-37-45)36-39-51-44(47)34-32-30-28-26-24-22-20-18-16-14-12-10-8-6-4-2/h17-20,42H,3-16,21-41,45H2,1-2H3,(H,48,49)/b19-17-,20-18-. The number of nitrogens with two attached hydrogens (primary N) is 1. The summed E-state index contributed by atoms with van der Waals surface area (Å²) in [6.07, 6.45) is 42.2. The third kappa shape index (κ3) is 40.2. The van der Waals surface area contributed by atoms with E-state index in [0.717, 1.165) is 51.4 Å². The lowest BCUT2D eigenvalue weighted by molar-refractivity contribution is -0.144. The van der Waals surface area contributed by atoms with E-state index < -0.39 is 7.82 Å². The zero-order chi connectivity index (χ0) is 39.6. The molecule has 0 saturated carbocycles. The van der Waals surface area contributed by atoms with Crippen molar-refractivity contribution in [2.75, 3.05) is 33.0 Å². The maximum absolute atomic E-state index is 12.3. The first kappa shape index (κ1) is 52.5. The van der Waals surface area contributed by atoms with Crippen LogP contribution in [0.2, 0.25) is 0 Å². The van der Waals surface area contributed by atoms with Gasteiger partial charge in [0.1, 0.15) is 0 Å². The Morgan fingerprint density at radius 2 is 0.889 bits per heavy atom. The number of hydrogen-bond acceptors (Lipinski definition) is 8. The van der Waals surface area contributed by atoms with Gasteiger partial charge in [0.05, 0.1) is 26.4 Å². The summed E-state index contributed by atoms with van der Waals surface area (Å²) in [5.74, 6) is -0.733. The van der Waals surface area contributed by atoms with E-state index in [4.69, 9.17) is 24.3 Å². The van der Waals surface area contributed by atoms with Gasteiger partial charge in [-0.25, -0.2) is 4.57 Å². The van der Waals surface area contributed by atoms with Gasteiger partial charge in [0, 0.05) is 19.4 Å². The molecule has 0 radical (unpaired) electrons. The fourth-order valence-electron chi connectivity index (χ4n) is 6.22. The summed E-state index contributed by atoms with van der Waals surface area (Å²) in [6.45, 7) is 4.75. The van der Waals surface area contributed by atoms with Crippen LogP contribution in [-0.2, 0) is 32.7 Å². The lowest BCUT2D eigenvalue weighted by Gasteiger charge is -2.19. The molecule has 0 amide bonds. The summed E-state index contributed by atoms with van der Waals surface area (Å²) >= 11 is 0. The minimum atomic E-state index is -4.25. The summed E-state index contributed by atoms with van der Waals surface area (Å²) in [5.41, 5.74) is 5.37. The minimum Gasteiger partial charge on any atom is -0.466 e. The van der Waals surface area contributed by atoms with Crippen molar-refractivity contribution in [3.63, 3.8) is 0 Å². The van der Waals surface area contributed by atoms with Gasteiger partial charge in [-0.1, -0.05) is 141 Å². The number of esters is 2. The molecule has 0 fully saturated rings. The van der Waals surface area contributed by atoms with Crippen LogP contribution in [0.5, 0.6) is 0 Å². The Labute approximate surface area is 332 Å². The lowest BCUT2D eigenvalue weighted by atomic mass is 10.0. The molecule has 1 unspecified atom stereocenters. The average molecular weight is 786 g/mol. The Bertz CT molecular complexity index is 886. The molecule has 0 aromatic rings. The van der Waals surface area contributed by atoms with Gasteiger partial charge in [-0.3, -0.25) is 18.6 Å². The molecule has 318 valence electrons. The number of unbranched alkanes of at least 4 members (excludes halogenated alkanes) is 22. The van der Waals surface area contributed by atoms with Crippen molar-refractivity contribution >= 4 is 19.8 Å². The molecule has 0 spiro atoms. The van der Waals surface area contributed by atoms with E-state index in [2.05, 4.69) is 38.2 Å². The summed E-state index contributed by atoms with van der Waals surface area (Å²) in [4.78, 5) is 34.6. The van der Waals surface area contributed by atoms with Crippen molar-refractivity contribution in [3.05, 3.63) is 24.3 Å². The van der Waals surface area contributed by atoms with Gasteiger partial charge >= 0.3 is 19.8 Å². The van der Waals surface area contributed by atoms with E-state index in [-0.39, 0.29) is 50.8 Å². The molecule has 0 aromatic heterocycles. The maximum atomic E-state index is 12.3. The first-order valence-corrected chi connectivity index (χ1v) is 23.8. The van der Waals surface area contributed by atoms with Crippen LogP contribution in [0.4, 0.5) is 0 Å². The van der Waals surface area contributed by atoms with Gasteiger partial charge in [0.15, 0.2) is 0 Å². The number of ether oxygens (including phenoxy) is 2. The maximum Gasteiger partial charge on any atom is 0.472 e. The molecule has 0 heterocycles. The Morgan fingerprint density at radius 3 is 1.26 bits per heavy atom. The molecular weight excluding hydrogens is 701 g/mol. The van der Waals surface area contributed by atoms with Gasteiger partial charge in [0.25, 0.3) is 0 Å². The van der Waals surface area contributed by atoms with Crippen molar-refractivity contribution in [1.29, 1.82) is 0 Å². The molecule has 0 aliphatic carbocycles. The van der Waals surface area contributed by atoms with Crippen LogP contribution in [0.25, 0.3) is 0 Å². The normalized spacial score (nSPS) is 13.0. The quantitative estimate of drug-likeness (QED) is 0.0268. The molecule has 3 N–H and O–H groups in total. The summed E-state index contributed by atoms with van der Waals surface area (Å²) < 4.78 is 33.1. The number of phosphoric ester groups is 1. The zero-order valence-corrected chi connectivity index (χ0v) is 35.9. The molecule has 54 heavy (non-hydrogen) atoms. The molecule has 0 aromatic carbocycles. The van der Waals surface area contributed by atoms with Crippen molar-refractivity contribution in [2.24, 2.45) is 11.7 Å². The molecule has 0 saturated heterocycles. The first-order chi connectivity index (χ1) is 26.3. The van der Waals surface area contributed by atoms with Crippen LogP contribution in [0.15, 0.2) is 24.3 Å².